The summed E-state index contributed by atoms with van der Waals surface area (Å²) in [6, 6.07) is 27.3. The van der Waals surface area contributed by atoms with Gasteiger partial charge in [0.05, 0.1) is 0 Å². The molecule has 5 aromatic rings. The maximum absolute atomic E-state index is 4.17. The fraction of sp³-hybridized carbons (Fsp3) is 0.435. The van der Waals surface area contributed by atoms with Crippen LogP contribution < -0.4 is 0 Å². The molecule has 5 aromatic carbocycles. The third-order valence-corrected chi connectivity index (χ3v) is 25.2. The first kappa shape index (κ1) is 36.0. The zero-order valence-corrected chi connectivity index (χ0v) is 33.8. The van der Waals surface area contributed by atoms with Crippen molar-refractivity contribution in [2.75, 3.05) is 0 Å². The minimum absolute atomic E-state index is 0.579. The van der Waals surface area contributed by atoms with Crippen LogP contribution in [0, 0.1) is 22.9 Å². The van der Waals surface area contributed by atoms with Gasteiger partial charge in [-0.3, -0.25) is 0 Å². The summed E-state index contributed by atoms with van der Waals surface area (Å²) >= 11 is 0. The van der Waals surface area contributed by atoms with Crippen LogP contribution in [0.1, 0.15) is 107 Å². The topological polar surface area (TPSA) is 0 Å². The monoisotopic (exact) mass is 666 g/mol. The van der Waals surface area contributed by atoms with Gasteiger partial charge in [0.25, 0.3) is 0 Å². The minimum Gasteiger partial charge on any atom is -0.125 e. The summed E-state index contributed by atoms with van der Waals surface area (Å²) in [5.41, 5.74) is 14.3. The molecule has 0 radical (unpaired) electrons. The molecule has 2 unspecified atom stereocenters. The van der Waals surface area contributed by atoms with E-state index in [2.05, 4.69) is 179 Å². The van der Waals surface area contributed by atoms with Crippen molar-refractivity contribution in [2.45, 2.75) is 129 Å². The largest absolute Gasteiger partial charge is 0.146 e. The molecule has 0 bridgehead atoms. The maximum Gasteiger partial charge on any atom is 0.146 e. The highest BCUT2D eigenvalue weighted by Gasteiger charge is 2.44. The Kier molecular flexibility index (Phi) is 10.7. The first-order chi connectivity index (χ1) is 22.8. The molecule has 0 aliphatic carbocycles. The van der Waals surface area contributed by atoms with E-state index >= 15 is 0 Å². The lowest BCUT2D eigenvalue weighted by Gasteiger charge is -2.39. The highest BCUT2D eigenvalue weighted by Crippen LogP contribution is 2.45. The third-order valence-electron chi connectivity index (χ3n) is 12.3. The van der Waals surface area contributed by atoms with Gasteiger partial charge in [0.2, 0.25) is 0 Å². The van der Waals surface area contributed by atoms with Crippen LogP contribution in [0.2, 0.25) is 33.2 Å². The van der Waals surface area contributed by atoms with Gasteiger partial charge < -0.3 is 0 Å². The maximum atomic E-state index is 4.17. The minimum atomic E-state index is -2.00. The van der Waals surface area contributed by atoms with Crippen molar-refractivity contribution < 1.29 is 0 Å². The predicted molar refractivity (Wildman–Crippen MR) is 222 cm³/mol. The molecule has 0 aromatic heterocycles. The van der Waals surface area contributed by atoms with Crippen LogP contribution in [-0.4, -0.2) is 16.1 Å². The van der Waals surface area contributed by atoms with Crippen LogP contribution in [-0.2, 0) is 0 Å². The van der Waals surface area contributed by atoms with Gasteiger partial charge in [-0.25, -0.2) is 0 Å². The number of hydrogen-bond acceptors (Lipinski definition) is 0. The molecule has 0 fully saturated rings. The van der Waals surface area contributed by atoms with Crippen LogP contribution in [0.25, 0.3) is 43.1 Å². The lowest BCUT2D eigenvalue weighted by atomic mass is 9.89. The van der Waals surface area contributed by atoms with Gasteiger partial charge in [0, 0.05) is 11.1 Å². The molecule has 0 aliphatic heterocycles. The van der Waals surface area contributed by atoms with Crippen LogP contribution in [0.3, 0.4) is 0 Å². The van der Waals surface area contributed by atoms with Crippen molar-refractivity contribution in [3.63, 3.8) is 0 Å². The van der Waals surface area contributed by atoms with E-state index in [0.29, 0.717) is 33.2 Å². The molecule has 0 nitrogen and oxygen atoms in total. The molecule has 0 amide bonds. The zero-order valence-electron chi connectivity index (χ0n) is 31.8. The van der Waals surface area contributed by atoms with E-state index in [1.54, 1.807) is 0 Å². The van der Waals surface area contributed by atoms with E-state index < -0.39 is 16.1 Å². The van der Waals surface area contributed by atoms with Gasteiger partial charge >= 0.3 is 0 Å². The number of rotatable bonds is 8. The summed E-state index contributed by atoms with van der Waals surface area (Å²) < 4.78 is 0. The van der Waals surface area contributed by atoms with Crippen molar-refractivity contribution in [3.8, 4) is 22.9 Å². The lowest BCUT2D eigenvalue weighted by molar-refractivity contribution is 0.769. The number of fused-ring (bicyclic) bond motifs is 4. The van der Waals surface area contributed by atoms with Crippen LogP contribution in [0.15, 0.2) is 72.8 Å². The highest BCUT2D eigenvalue weighted by molar-refractivity contribution is 6.91. The van der Waals surface area contributed by atoms with E-state index in [9.17, 15) is 0 Å². The molecule has 0 N–H and O–H groups in total. The van der Waals surface area contributed by atoms with E-state index in [0.717, 1.165) is 0 Å². The molecule has 48 heavy (non-hydrogen) atoms. The van der Waals surface area contributed by atoms with Crippen molar-refractivity contribution in [1.82, 2.24) is 0 Å². The molecule has 250 valence electrons. The van der Waals surface area contributed by atoms with Crippen LogP contribution in [0.4, 0.5) is 0 Å². The summed E-state index contributed by atoms with van der Waals surface area (Å²) in [6.45, 7) is 29.1. The summed E-state index contributed by atoms with van der Waals surface area (Å²) in [6.07, 6.45) is 2.35. The average Bonchev–Trinajstić information content (AvgIpc) is 3.06. The highest BCUT2D eigenvalue weighted by atomic mass is 28.3. The summed E-state index contributed by atoms with van der Waals surface area (Å²) in [5, 5.41) is 10.0. The Morgan fingerprint density at radius 1 is 0.438 bits per heavy atom. The molecule has 0 saturated carbocycles. The fourth-order valence-corrected chi connectivity index (χ4v) is 20.2. The van der Waals surface area contributed by atoms with Gasteiger partial charge in [-0.1, -0.05) is 156 Å². The summed E-state index contributed by atoms with van der Waals surface area (Å²) in [5.74, 6) is 8.03. The SMILES string of the molecule is CCC(C)[Si](C#Cc1c2cc3ccccc3cc2c(C#C[Si](C(C)C)(C(C)C)C(C)CC)c2cc3ccccc3cc12)(C(C)C)C(C)C. The van der Waals surface area contributed by atoms with E-state index in [-0.39, 0.29) is 0 Å². The Morgan fingerprint density at radius 2 is 0.688 bits per heavy atom. The Balaban J connectivity index is 2.02. The van der Waals surface area contributed by atoms with Gasteiger partial charge in [-0.15, -0.1) is 11.1 Å². The summed E-state index contributed by atoms with van der Waals surface area (Å²) in [4.78, 5) is 0. The van der Waals surface area contributed by atoms with Crippen LogP contribution in [0.5, 0.6) is 0 Å². The zero-order chi connectivity index (χ0) is 35.0. The van der Waals surface area contributed by atoms with Gasteiger partial charge in [-0.2, -0.15) is 0 Å². The molecule has 2 heteroatoms. The lowest BCUT2D eigenvalue weighted by Crippen LogP contribution is -2.44. The number of benzene rings is 5. The second-order valence-electron chi connectivity index (χ2n) is 15.8. The third kappa shape index (κ3) is 6.06. The Labute approximate surface area is 294 Å². The van der Waals surface area contributed by atoms with E-state index in [4.69, 9.17) is 0 Å². The first-order valence-corrected chi connectivity index (χ1v) is 23.2. The molecule has 0 aliphatic rings. The predicted octanol–water partition coefficient (Wildman–Crippen LogP) is 14.2. The molecule has 0 heterocycles. The van der Waals surface area contributed by atoms with Crippen LogP contribution >= 0.6 is 0 Å². The van der Waals surface area contributed by atoms with Crippen molar-refractivity contribution in [1.29, 1.82) is 0 Å². The van der Waals surface area contributed by atoms with Crippen molar-refractivity contribution >= 4 is 59.2 Å². The van der Waals surface area contributed by atoms with E-state index in [1.807, 2.05) is 0 Å². The molecule has 0 spiro atoms. The smallest absolute Gasteiger partial charge is 0.125 e. The molecular formula is C46H58Si2. The second-order valence-corrected chi connectivity index (χ2v) is 26.7. The van der Waals surface area contributed by atoms with Crippen molar-refractivity contribution in [2.24, 2.45) is 0 Å². The fourth-order valence-electron chi connectivity index (χ4n) is 9.32. The van der Waals surface area contributed by atoms with E-state index in [1.165, 1.54) is 67.1 Å². The first-order valence-electron chi connectivity index (χ1n) is 18.7. The Bertz CT molecular complexity index is 1810. The quantitative estimate of drug-likeness (QED) is 0.0878. The van der Waals surface area contributed by atoms with Gasteiger partial charge in [0.1, 0.15) is 16.1 Å². The molecule has 2 atom stereocenters. The summed E-state index contributed by atoms with van der Waals surface area (Å²) in [7, 11) is -4.00. The van der Waals surface area contributed by atoms with Gasteiger partial charge in [-0.05, 0) is 101 Å². The molecule has 0 saturated heterocycles. The average molecular weight is 667 g/mol. The second kappa shape index (κ2) is 14.3. The standard InChI is InChI=1S/C46H58Si2/c1-13-35(11)47(31(3)4,32(5)6)25-23-41-43-27-37-19-15-17-21-39(37)29-45(43)42(24-26-48(33(7)8,34(9)10)36(12)14-2)46-30-40-22-18-16-20-38(40)28-44(41)46/h15-22,27-36H,13-14H2,1-12H3. The Hall–Kier alpha value is -3.31. The van der Waals surface area contributed by atoms with Crippen molar-refractivity contribution in [3.05, 3.63) is 83.9 Å². The molecular weight excluding hydrogens is 609 g/mol. The normalized spacial score (nSPS) is 13.8. The number of hydrogen-bond donors (Lipinski definition) is 0. The van der Waals surface area contributed by atoms with Gasteiger partial charge in [0.15, 0.2) is 0 Å². The Morgan fingerprint density at radius 3 is 0.896 bits per heavy atom. The molecule has 5 rings (SSSR count).